The van der Waals surface area contributed by atoms with E-state index in [9.17, 15) is 9.18 Å². The summed E-state index contributed by atoms with van der Waals surface area (Å²) in [6, 6.07) is 7.78. The van der Waals surface area contributed by atoms with Crippen LogP contribution in [0.15, 0.2) is 36.5 Å². The third-order valence-corrected chi connectivity index (χ3v) is 2.62. The monoisotopic (exact) mass is 277 g/mol. The van der Waals surface area contributed by atoms with Crippen molar-refractivity contribution in [3.63, 3.8) is 0 Å². The lowest BCUT2D eigenvalue weighted by Gasteiger charge is -2.12. The van der Waals surface area contributed by atoms with Crippen LogP contribution in [0.4, 0.5) is 10.2 Å². The maximum Gasteiger partial charge on any atom is 0.263 e. The smallest absolute Gasteiger partial charge is 0.263 e. The second kappa shape index (κ2) is 6.18. The van der Waals surface area contributed by atoms with Crippen molar-refractivity contribution in [2.75, 3.05) is 11.9 Å². The van der Waals surface area contributed by atoms with E-state index in [2.05, 4.69) is 10.4 Å². The van der Waals surface area contributed by atoms with Gasteiger partial charge in [0.05, 0.1) is 6.20 Å². The van der Waals surface area contributed by atoms with Crippen molar-refractivity contribution >= 4 is 11.7 Å². The highest BCUT2D eigenvalue weighted by Crippen LogP contribution is 2.16. The molecule has 5 nitrogen and oxygen atoms in total. The Bertz CT molecular complexity index is 596. The Labute approximate surface area is 116 Å². The Morgan fingerprint density at radius 1 is 1.40 bits per heavy atom. The molecule has 2 aromatic rings. The minimum Gasteiger partial charge on any atom is -0.481 e. The van der Waals surface area contributed by atoms with E-state index in [1.165, 1.54) is 12.1 Å². The van der Waals surface area contributed by atoms with Crippen molar-refractivity contribution < 1.29 is 13.9 Å². The molecule has 1 aromatic carbocycles. The molecule has 0 aliphatic carbocycles. The Morgan fingerprint density at radius 2 is 2.15 bits per heavy atom. The second-order valence-electron chi connectivity index (χ2n) is 4.52. The first-order valence-electron chi connectivity index (χ1n) is 6.28. The first-order valence-corrected chi connectivity index (χ1v) is 6.28. The molecule has 106 valence electrons. The van der Waals surface area contributed by atoms with E-state index < -0.39 is 5.82 Å². The highest BCUT2D eigenvalue weighted by molar-refractivity contribution is 5.91. The topological polar surface area (TPSA) is 56.2 Å². The fraction of sp³-hybridized carbons (Fsp3) is 0.286. The van der Waals surface area contributed by atoms with Crippen molar-refractivity contribution in [2.24, 2.45) is 0 Å². The van der Waals surface area contributed by atoms with Gasteiger partial charge in [-0.3, -0.25) is 4.79 Å². The molecule has 0 bridgehead atoms. The molecule has 20 heavy (non-hydrogen) atoms. The van der Waals surface area contributed by atoms with Gasteiger partial charge < -0.3 is 10.1 Å². The summed E-state index contributed by atoms with van der Waals surface area (Å²) in [5.74, 6) is -0.217. The van der Waals surface area contributed by atoms with E-state index in [-0.39, 0.29) is 24.3 Å². The summed E-state index contributed by atoms with van der Waals surface area (Å²) >= 11 is 0. The molecule has 0 aliphatic heterocycles. The molecule has 1 N–H and O–H groups in total. The van der Waals surface area contributed by atoms with Crippen LogP contribution in [0.25, 0.3) is 0 Å². The quantitative estimate of drug-likeness (QED) is 0.914. The molecular formula is C14H16FN3O2. The molecule has 1 aromatic heterocycles. The molecule has 6 heteroatoms. The highest BCUT2D eigenvalue weighted by atomic mass is 19.1. The van der Waals surface area contributed by atoms with Gasteiger partial charge in [0.1, 0.15) is 5.82 Å². The van der Waals surface area contributed by atoms with Crippen LogP contribution >= 0.6 is 0 Å². The fourth-order valence-corrected chi connectivity index (χ4v) is 1.71. The standard InChI is InChI=1S/C14H16FN3O2/c1-10(2)18-13(7-8-16-18)17-14(19)9-20-12-6-4-3-5-11(12)15/h3-8,10H,9H2,1-2H3,(H,17,19). The predicted octanol–water partition coefficient (Wildman–Crippen LogP) is 2.62. The summed E-state index contributed by atoms with van der Waals surface area (Å²) in [5, 5.41) is 6.78. The predicted molar refractivity (Wildman–Crippen MR) is 73.1 cm³/mol. The van der Waals surface area contributed by atoms with Crippen LogP contribution in [-0.4, -0.2) is 22.3 Å². The number of carbonyl (C=O) groups is 1. The number of hydrogen-bond acceptors (Lipinski definition) is 3. The summed E-state index contributed by atoms with van der Waals surface area (Å²) in [7, 11) is 0. The molecule has 0 aliphatic rings. The van der Waals surface area contributed by atoms with E-state index in [1.807, 2.05) is 13.8 Å². The van der Waals surface area contributed by atoms with E-state index in [0.29, 0.717) is 5.82 Å². The first-order chi connectivity index (χ1) is 9.58. The number of nitrogens with zero attached hydrogens (tertiary/aromatic N) is 2. The molecular weight excluding hydrogens is 261 g/mol. The lowest BCUT2D eigenvalue weighted by atomic mass is 10.3. The maximum absolute atomic E-state index is 13.3. The maximum atomic E-state index is 13.3. The number of carbonyl (C=O) groups excluding carboxylic acids is 1. The van der Waals surface area contributed by atoms with Gasteiger partial charge in [-0.1, -0.05) is 12.1 Å². The molecule has 0 radical (unpaired) electrons. The Balaban J connectivity index is 1.93. The van der Waals surface area contributed by atoms with Crippen LogP contribution in [0.3, 0.4) is 0 Å². The van der Waals surface area contributed by atoms with E-state index in [4.69, 9.17) is 4.74 Å². The third kappa shape index (κ3) is 3.34. The highest BCUT2D eigenvalue weighted by Gasteiger charge is 2.10. The number of halogens is 1. The number of benzene rings is 1. The fourth-order valence-electron chi connectivity index (χ4n) is 1.71. The van der Waals surface area contributed by atoms with Crippen LogP contribution in [0.1, 0.15) is 19.9 Å². The van der Waals surface area contributed by atoms with Gasteiger partial charge in [-0.25, -0.2) is 9.07 Å². The van der Waals surface area contributed by atoms with E-state index in [0.717, 1.165) is 0 Å². The van der Waals surface area contributed by atoms with Gasteiger partial charge in [-0.05, 0) is 26.0 Å². The molecule has 1 heterocycles. The van der Waals surface area contributed by atoms with Crippen LogP contribution in [0.5, 0.6) is 5.75 Å². The molecule has 0 unspecified atom stereocenters. The lowest BCUT2D eigenvalue weighted by molar-refractivity contribution is -0.118. The second-order valence-corrected chi connectivity index (χ2v) is 4.52. The van der Waals surface area contributed by atoms with E-state index in [1.54, 1.807) is 29.1 Å². The zero-order chi connectivity index (χ0) is 14.5. The summed E-state index contributed by atoms with van der Waals surface area (Å²) in [6.07, 6.45) is 1.60. The normalized spacial score (nSPS) is 10.6. The average Bonchev–Trinajstić information content (AvgIpc) is 2.86. The first kappa shape index (κ1) is 14.0. The molecule has 2 rings (SSSR count). The zero-order valence-electron chi connectivity index (χ0n) is 11.3. The van der Waals surface area contributed by atoms with Crippen molar-refractivity contribution in [3.8, 4) is 5.75 Å². The molecule has 0 saturated heterocycles. The van der Waals surface area contributed by atoms with E-state index >= 15 is 0 Å². The molecule has 0 atom stereocenters. The minimum absolute atomic E-state index is 0.0556. The number of ether oxygens (including phenoxy) is 1. The number of nitrogens with one attached hydrogen (secondary N) is 1. The number of hydrogen-bond donors (Lipinski definition) is 1. The Morgan fingerprint density at radius 3 is 2.85 bits per heavy atom. The number of anilines is 1. The van der Waals surface area contributed by atoms with Crippen molar-refractivity contribution in [2.45, 2.75) is 19.9 Å². The van der Waals surface area contributed by atoms with Crippen molar-refractivity contribution in [3.05, 3.63) is 42.3 Å². The molecule has 0 spiro atoms. The third-order valence-electron chi connectivity index (χ3n) is 2.62. The summed E-state index contributed by atoms with van der Waals surface area (Å²) in [4.78, 5) is 11.8. The Hall–Kier alpha value is -2.37. The van der Waals surface area contributed by atoms with Gasteiger partial charge in [0.2, 0.25) is 0 Å². The van der Waals surface area contributed by atoms with Crippen LogP contribution in [0.2, 0.25) is 0 Å². The number of para-hydroxylation sites is 1. The van der Waals surface area contributed by atoms with Gasteiger partial charge in [-0.2, -0.15) is 5.10 Å². The van der Waals surface area contributed by atoms with Gasteiger partial charge >= 0.3 is 0 Å². The number of rotatable bonds is 5. The van der Waals surface area contributed by atoms with Crippen molar-refractivity contribution in [1.82, 2.24) is 9.78 Å². The minimum atomic E-state index is -0.493. The van der Waals surface area contributed by atoms with Crippen LogP contribution < -0.4 is 10.1 Å². The van der Waals surface area contributed by atoms with Crippen LogP contribution in [0, 0.1) is 5.82 Å². The molecule has 1 amide bonds. The SMILES string of the molecule is CC(C)n1nccc1NC(=O)COc1ccccc1F. The van der Waals surface area contributed by atoms with Gasteiger partial charge in [0.15, 0.2) is 18.2 Å². The summed E-state index contributed by atoms with van der Waals surface area (Å²) in [5.41, 5.74) is 0. The Kier molecular flexibility index (Phi) is 4.34. The number of aromatic nitrogens is 2. The van der Waals surface area contributed by atoms with Gasteiger partial charge in [0, 0.05) is 12.1 Å². The zero-order valence-corrected chi connectivity index (χ0v) is 11.3. The largest absolute Gasteiger partial charge is 0.481 e. The van der Waals surface area contributed by atoms with Gasteiger partial charge in [-0.15, -0.1) is 0 Å². The summed E-state index contributed by atoms with van der Waals surface area (Å²) < 4.78 is 20.1. The van der Waals surface area contributed by atoms with Gasteiger partial charge in [0.25, 0.3) is 5.91 Å². The average molecular weight is 277 g/mol. The summed E-state index contributed by atoms with van der Waals surface area (Å²) in [6.45, 7) is 3.65. The van der Waals surface area contributed by atoms with Crippen molar-refractivity contribution in [1.29, 1.82) is 0 Å². The van der Waals surface area contributed by atoms with Crippen LogP contribution in [-0.2, 0) is 4.79 Å². The number of amides is 1. The molecule has 0 saturated carbocycles. The lowest BCUT2D eigenvalue weighted by Crippen LogP contribution is -2.22. The molecule has 0 fully saturated rings.